The van der Waals surface area contributed by atoms with Crippen LogP contribution in [0.25, 0.3) is 33.5 Å². The molecule has 4 heterocycles. The summed E-state index contributed by atoms with van der Waals surface area (Å²) < 4.78 is 18.4. The van der Waals surface area contributed by atoms with E-state index >= 15 is 0 Å². The molecule has 0 atom stereocenters. The number of esters is 2. The first-order chi connectivity index (χ1) is 24.3. The van der Waals surface area contributed by atoms with Crippen molar-refractivity contribution in [3.63, 3.8) is 0 Å². The van der Waals surface area contributed by atoms with E-state index < -0.39 is 23.6 Å². The maximum Gasteiger partial charge on any atom is 0.407 e. The molecule has 0 aliphatic rings. The highest BCUT2D eigenvalue weighted by Gasteiger charge is 2.19. The maximum atomic E-state index is 12.4. The van der Waals surface area contributed by atoms with E-state index in [0.29, 0.717) is 52.6 Å². The maximum absolute atomic E-state index is 12.4. The van der Waals surface area contributed by atoms with Gasteiger partial charge in [0.1, 0.15) is 17.6 Å². The lowest BCUT2D eigenvalue weighted by Gasteiger charge is -2.20. The van der Waals surface area contributed by atoms with E-state index in [-0.39, 0.29) is 0 Å². The average Bonchev–Trinajstić information content (AvgIpc) is 3.74. The van der Waals surface area contributed by atoms with Gasteiger partial charge in [0.15, 0.2) is 0 Å². The Hall–Kier alpha value is -6.31. The number of methoxy groups -OCH3 is 2. The molecule has 6 aromatic rings. The summed E-state index contributed by atoms with van der Waals surface area (Å²) in [4.78, 5) is 46.2. The number of carbonyl (C=O) groups excluding carboxylic acids is 3. The number of rotatable bonds is 9. The average molecular weight is 691 g/mol. The number of benzene rings is 2. The topological polar surface area (TPSA) is 163 Å². The summed E-state index contributed by atoms with van der Waals surface area (Å²) in [5.74, 6) is -0.588. The molecule has 1 amide bonds. The van der Waals surface area contributed by atoms with Crippen molar-refractivity contribution in [2.45, 2.75) is 53.3 Å². The minimum atomic E-state index is -0.595. The number of anilines is 1. The number of hydrogen-bond donors (Lipinski definition) is 2. The monoisotopic (exact) mass is 690 g/mol. The highest BCUT2D eigenvalue weighted by atomic mass is 16.6. The van der Waals surface area contributed by atoms with Crippen LogP contribution in [0, 0.1) is 13.8 Å². The van der Waals surface area contributed by atoms with Crippen molar-refractivity contribution >= 4 is 35.0 Å². The van der Waals surface area contributed by atoms with Crippen LogP contribution >= 0.6 is 0 Å². The van der Waals surface area contributed by atoms with E-state index in [2.05, 4.69) is 25.8 Å². The standard InChI is InChI=1S/C37H38N8O6/c1-21-12-23(31-29-14-27(33(46)49-6)18-44(29)41-20-40-31)8-10-25(21)16-38-35-42-32(30-15-28(34(47)50-7)19-45(30)43-35)24-9-11-26(22(2)13-24)17-39-36(48)51-37(3,4)5/h8-15,18-20H,16-17H2,1-7H3,(H,38,43)(H,39,48). The molecule has 0 unspecified atom stereocenters. The zero-order valence-electron chi connectivity index (χ0n) is 29.4. The molecule has 0 saturated carbocycles. The molecule has 0 spiro atoms. The Kier molecular flexibility index (Phi) is 9.42. The second-order valence-electron chi connectivity index (χ2n) is 13.0. The Bertz CT molecular complexity index is 2300. The van der Waals surface area contributed by atoms with Gasteiger partial charge in [0.2, 0.25) is 5.95 Å². The molecule has 2 aromatic carbocycles. The second kappa shape index (κ2) is 13.9. The third-order valence-electron chi connectivity index (χ3n) is 8.20. The fourth-order valence-electron chi connectivity index (χ4n) is 5.64. The largest absolute Gasteiger partial charge is 0.465 e. The van der Waals surface area contributed by atoms with Crippen LogP contribution in [0.2, 0.25) is 0 Å². The van der Waals surface area contributed by atoms with Gasteiger partial charge >= 0.3 is 18.0 Å². The Balaban J connectivity index is 1.27. The molecule has 0 fully saturated rings. The zero-order valence-corrected chi connectivity index (χ0v) is 29.4. The lowest BCUT2D eigenvalue weighted by molar-refractivity contribution is 0.0521. The zero-order chi connectivity index (χ0) is 36.4. The molecule has 0 bridgehead atoms. The Morgan fingerprint density at radius 3 is 1.92 bits per heavy atom. The molecule has 14 nitrogen and oxygen atoms in total. The van der Waals surface area contributed by atoms with Gasteiger partial charge in [0.05, 0.1) is 42.1 Å². The predicted molar refractivity (Wildman–Crippen MR) is 189 cm³/mol. The van der Waals surface area contributed by atoms with Crippen LogP contribution in [0.4, 0.5) is 10.7 Å². The Morgan fingerprint density at radius 1 is 0.765 bits per heavy atom. The van der Waals surface area contributed by atoms with Gasteiger partial charge in [-0.3, -0.25) is 0 Å². The molecule has 51 heavy (non-hydrogen) atoms. The second-order valence-corrected chi connectivity index (χ2v) is 13.0. The van der Waals surface area contributed by atoms with Crippen molar-refractivity contribution in [3.8, 4) is 22.5 Å². The van der Waals surface area contributed by atoms with Gasteiger partial charge in [0.25, 0.3) is 0 Å². The van der Waals surface area contributed by atoms with E-state index in [0.717, 1.165) is 33.4 Å². The molecular weight excluding hydrogens is 652 g/mol. The van der Waals surface area contributed by atoms with Gasteiger partial charge in [0, 0.05) is 36.6 Å². The van der Waals surface area contributed by atoms with Crippen LogP contribution in [0.5, 0.6) is 0 Å². The number of ether oxygens (including phenoxy) is 3. The number of aryl methyl sites for hydroxylation is 2. The van der Waals surface area contributed by atoms with E-state index in [4.69, 9.17) is 19.2 Å². The first kappa shape index (κ1) is 34.5. The van der Waals surface area contributed by atoms with Crippen LogP contribution in [-0.4, -0.2) is 67.0 Å². The van der Waals surface area contributed by atoms with Crippen molar-refractivity contribution in [2.75, 3.05) is 19.5 Å². The van der Waals surface area contributed by atoms with Crippen molar-refractivity contribution in [2.24, 2.45) is 0 Å². The van der Waals surface area contributed by atoms with Gasteiger partial charge in [-0.2, -0.15) is 5.10 Å². The summed E-state index contributed by atoms with van der Waals surface area (Å²) in [6.45, 7) is 10.1. The third-order valence-corrected chi connectivity index (χ3v) is 8.20. The van der Waals surface area contributed by atoms with Gasteiger partial charge in [-0.1, -0.05) is 24.3 Å². The van der Waals surface area contributed by atoms with Gasteiger partial charge in [-0.15, -0.1) is 5.10 Å². The number of nitrogens with zero attached hydrogens (tertiary/aromatic N) is 6. The normalized spacial score (nSPS) is 11.4. The van der Waals surface area contributed by atoms with Crippen molar-refractivity contribution < 1.29 is 28.6 Å². The minimum Gasteiger partial charge on any atom is -0.465 e. The highest BCUT2D eigenvalue weighted by Crippen LogP contribution is 2.29. The summed E-state index contributed by atoms with van der Waals surface area (Å²) in [5.41, 5.74) is 8.23. The first-order valence-electron chi connectivity index (χ1n) is 16.1. The van der Waals surface area contributed by atoms with Crippen LogP contribution in [0.1, 0.15) is 63.7 Å². The van der Waals surface area contributed by atoms with Gasteiger partial charge < -0.3 is 24.8 Å². The number of alkyl carbamates (subject to hydrolysis) is 1. The van der Waals surface area contributed by atoms with Crippen molar-refractivity contribution in [3.05, 3.63) is 101 Å². The SMILES string of the molecule is COC(=O)c1cc2c(-c3ccc(CNc4nc(-c5ccc(CNC(=O)OC(C)(C)C)c(C)c5)c5cc(C(=O)OC)cn5n4)c(C)c3)ncnn2c1. The fourth-order valence-corrected chi connectivity index (χ4v) is 5.64. The molecule has 4 aromatic heterocycles. The molecule has 262 valence electrons. The molecule has 6 rings (SSSR count). The number of carbonyl (C=O) groups is 3. The summed E-state index contributed by atoms with van der Waals surface area (Å²) in [6, 6.07) is 15.2. The highest BCUT2D eigenvalue weighted by molar-refractivity contribution is 5.94. The first-order valence-corrected chi connectivity index (χ1v) is 16.1. The Labute approximate surface area is 293 Å². The number of aromatic nitrogens is 6. The molecular formula is C37H38N8O6. The van der Waals surface area contributed by atoms with Crippen LogP contribution in [0.15, 0.2) is 67.3 Å². The van der Waals surface area contributed by atoms with E-state index in [9.17, 15) is 14.4 Å². The van der Waals surface area contributed by atoms with E-state index in [1.54, 1.807) is 33.6 Å². The van der Waals surface area contributed by atoms with Gasteiger partial charge in [-0.25, -0.2) is 33.4 Å². The molecule has 14 heteroatoms. The number of nitrogens with one attached hydrogen (secondary N) is 2. The van der Waals surface area contributed by atoms with Crippen LogP contribution in [-0.2, 0) is 27.3 Å². The van der Waals surface area contributed by atoms with Gasteiger partial charge in [-0.05, 0) is 81.1 Å². The lowest BCUT2D eigenvalue weighted by Crippen LogP contribution is -2.32. The summed E-state index contributed by atoms with van der Waals surface area (Å²) in [6.07, 6.45) is 4.18. The molecule has 0 aliphatic heterocycles. The van der Waals surface area contributed by atoms with E-state index in [1.807, 2.05) is 71.0 Å². The predicted octanol–water partition coefficient (Wildman–Crippen LogP) is 5.93. The van der Waals surface area contributed by atoms with Crippen LogP contribution in [0.3, 0.4) is 0 Å². The summed E-state index contributed by atoms with van der Waals surface area (Å²) in [5, 5.41) is 15.0. The Morgan fingerprint density at radius 2 is 1.33 bits per heavy atom. The quantitative estimate of drug-likeness (QED) is 0.136. The summed E-state index contributed by atoms with van der Waals surface area (Å²) in [7, 11) is 2.67. The molecule has 0 radical (unpaired) electrons. The fraction of sp³-hybridized carbons (Fsp3) is 0.270. The third kappa shape index (κ3) is 7.49. The smallest absolute Gasteiger partial charge is 0.407 e. The molecule has 0 saturated heterocycles. The van der Waals surface area contributed by atoms with Crippen LogP contribution < -0.4 is 10.6 Å². The van der Waals surface area contributed by atoms with Crippen molar-refractivity contribution in [1.82, 2.24) is 34.5 Å². The number of fused-ring (bicyclic) bond motifs is 2. The van der Waals surface area contributed by atoms with Crippen molar-refractivity contribution in [1.29, 1.82) is 0 Å². The van der Waals surface area contributed by atoms with E-state index in [1.165, 1.54) is 20.5 Å². The summed E-state index contributed by atoms with van der Waals surface area (Å²) >= 11 is 0. The minimum absolute atomic E-state index is 0.297. The number of hydrogen-bond acceptors (Lipinski definition) is 11. The molecule has 0 aliphatic carbocycles. The number of amides is 1. The molecule has 2 N–H and O–H groups in total. The lowest BCUT2D eigenvalue weighted by atomic mass is 10.0.